The lowest BCUT2D eigenvalue weighted by Gasteiger charge is -2.34. The summed E-state index contributed by atoms with van der Waals surface area (Å²) in [6.45, 7) is 0. The van der Waals surface area contributed by atoms with E-state index < -0.39 is 41.7 Å². The van der Waals surface area contributed by atoms with Crippen LogP contribution in [0, 0.1) is 5.92 Å². The average Bonchev–Trinajstić information content (AvgIpc) is 3.44. The van der Waals surface area contributed by atoms with Crippen LogP contribution >= 0.6 is 15.9 Å². The first-order valence-electron chi connectivity index (χ1n) is 12.0. The van der Waals surface area contributed by atoms with Gasteiger partial charge in [0, 0.05) is 9.86 Å². The normalized spacial score (nSPS) is 22.6. The number of imide groups is 2. The number of rotatable bonds is 3. The Bertz CT molecular complexity index is 1640. The van der Waals surface area contributed by atoms with E-state index in [-0.39, 0.29) is 11.1 Å². The molecule has 4 aromatic rings. The van der Waals surface area contributed by atoms with Crippen LogP contribution in [0.4, 0.5) is 5.69 Å². The van der Waals surface area contributed by atoms with Crippen molar-refractivity contribution in [2.24, 2.45) is 5.92 Å². The number of hydrogen-bond donors (Lipinski definition) is 0. The lowest BCUT2D eigenvalue weighted by atomic mass is 9.90. The molecule has 4 amide bonds. The Balaban J connectivity index is 1.33. The lowest BCUT2D eigenvalue weighted by molar-refractivity contribution is -0.154. The molecule has 3 aliphatic rings. The lowest BCUT2D eigenvalue weighted by Crippen LogP contribution is -2.55. The molecule has 0 radical (unpaired) electrons. The van der Waals surface area contributed by atoms with Gasteiger partial charge in [0.25, 0.3) is 23.6 Å². The molecule has 8 nitrogen and oxygen atoms in total. The maximum absolute atomic E-state index is 14.0. The fourth-order valence-electron chi connectivity index (χ4n) is 5.62. The topological polar surface area (TPSA) is 87.2 Å². The Morgan fingerprint density at radius 3 is 2.00 bits per heavy atom. The number of anilines is 1. The van der Waals surface area contributed by atoms with Crippen LogP contribution in [-0.4, -0.2) is 39.8 Å². The first-order valence-corrected chi connectivity index (χ1v) is 12.8. The Kier molecular flexibility index (Phi) is 5.01. The molecule has 0 aromatic heterocycles. The summed E-state index contributed by atoms with van der Waals surface area (Å²) in [4.78, 5) is 61.1. The monoisotopic (exact) mass is 567 g/mol. The maximum atomic E-state index is 14.0. The van der Waals surface area contributed by atoms with Crippen LogP contribution in [-0.2, 0) is 14.4 Å². The summed E-state index contributed by atoms with van der Waals surface area (Å²) < 4.78 is 0.797. The molecule has 0 saturated carbocycles. The summed E-state index contributed by atoms with van der Waals surface area (Å²) in [7, 11) is 0. The Morgan fingerprint density at radius 2 is 1.34 bits per heavy atom. The van der Waals surface area contributed by atoms with Crippen molar-refractivity contribution >= 4 is 56.0 Å². The van der Waals surface area contributed by atoms with Gasteiger partial charge in [0.15, 0.2) is 6.10 Å². The van der Waals surface area contributed by atoms with Crippen LogP contribution in [0.1, 0.15) is 32.3 Å². The summed E-state index contributed by atoms with van der Waals surface area (Å²) in [5.41, 5.74) is 1.92. The molecule has 38 heavy (non-hydrogen) atoms. The zero-order valence-electron chi connectivity index (χ0n) is 19.7. The number of halogens is 1. The molecule has 186 valence electrons. The number of para-hydroxylation sites is 1. The van der Waals surface area contributed by atoms with E-state index in [0.717, 1.165) is 15.4 Å². The van der Waals surface area contributed by atoms with Crippen LogP contribution in [0.5, 0.6) is 0 Å². The van der Waals surface area contributed by atoms with Gasteiger partial charge in [0.05, 0.1) is 22.9 Å². The number of hydrazine groups is 1. The molecule has 2 fully saturated rings. The third kappa shape index (κ3) is 3.12. The van der Waals surface area contributed by atoms with Gasteiger partial charge in [0.1, 0.15) is 5.92 Å². The van der Waals surface area contributed by atoms with Gasteiger partial charge in [-0.2, -0.15) is 10.0 Å². The van der Waals surface area contributed by atoms with Crippen LogP contribution in [0.15, 0.2) is 95.5 Å². The van der Waals surface area contributed by atoms with E-state index in [1.165, 1.54) is 0 Å². The van der Waals surface area contributed by atoms with Gasteiger partial charge in [-0.15, -0.1) is 0 Å². The summed E-state index contributed by atoms with van der Waals surface area (Å²) in [6, 6.07) is 26.2. The standard InChI is InChI=1S/C29H18BrN3O5/c30-18-10-4-9-17(15-18)24-23-25(38-33(24)19-11-2-1-3-12-19)29(37)32(28(23)36)31-26(34)20-13-5-7-16-8-6-14-21(22(16)20)27(31)35/h1-15,23-25H/t23-,24+,25+/m1/s1. The highest BCUT2D eigenvalue weighted by Crippen LogP contribution is 2.48. The van der Waals surface area contributed by atoms with Crippen LogP contribution in [0.2, 0.25) is 0 Å². The van der Waals surface area contributed by atoms with Crippen molar-refractivity contribution in [2.75, 3.05) is 5.06 Å². The highest BCUT2D eigenvalue weighted by atomic mass is 79.9. The maximum Gasteiger partial charge on any atom is 0.281 e. The van der Waals surface area contributed by atoms with Gasteiger partial charge in [-0.1, -0.05) is 70.5 Å². The van der Waals surface area contributed by atoms with Crippen LogP contribution in [0.3, 0.4) is 0 Å². The summed E-state index contributed by atoms with van der Waals surface area (Å²) in [6.07, 6.45) is -1.21. The van der Waals surface area contributed by atoms with E-state index in [1.54, 1.807) is 29.3 Å². The van der Waals surface area contributed by atoms with E-state index in [0.29, 0.717) is 21.1 Å². The fourth-order valence-corrected chi connectivity index (χ4v) is 6.04. The van der Waals surface area contributed by atoms with Gasteiger partial charge in [0.2, 0.25) is 0 Å². The van der Waals surface area contributed by atoms with Crippen molar-refractivity contribution in [1.82, 2.24) is 10.0 Å². The number of benzene rings is 4. The van der Waals surface area contributed by atoms with Crippen molar-refractivity contribution in [1.29, 1.82) is 0 Å². The number of carbonyl (C=O) groups is 4. The quantitative estimate of drug-likeness (QED) is 0.335. The number of hydroxylamine groups is 1. The molecule has 7 rings (SSSR count). The molecule has 2 saturated heterocycles. The number of carbonyl (C=O) groups excluding carboxylic acids is 4. The summed E-state index contributed by atoms with van der Waals surface area (Å²) >= 11 is 3.49. The first kappa shape index (κ1) is 22.8. The molecular weight excluding hydrogens is 550 g/mol. The first-order chi connectivity index (χ1) is 18.5. The van der Waals surface area contributed by atoms with E-state index in [2.05, 4.69) is 15.9 Å². The number of fused-ring (bicyclic) bond motifs is 1. The molecule has 0 spiro atoms. The van der Waals surface area contributed by atoms with Crippen molar-refractivity contribution in [3.63, 3.8) is 0 Å². The Hall–Kier alpha value is -4.34. The molecule has 0 bridgehead atoms. The number of amides is 4. The SMILES string of the molecule is O=C1c2cccc3cccc(c23)C(=O)N1N1C(=O)[C@H]2[C@H](ON(c3ccccc3)[C@H]2c2cccc(Br)c2)C1=O. The highest BCUT2D eigenvalue weighted by molar-refractivity contribution is 9.10. The molecule has 3 heterocycles. The van der Waals surface area contributed by atoms with Crippen molar-refractivity contribution in [3.8, 4) is 0 Å². The smallest absolute Gasteiger partial charge is 0.272 e. The van der Waals surface area contributed by atoms with E-state index in [1.807, 2.05) is 66.7 Å². The zero-order valence-corrected chi connectivity index (χ0v) is 21.2. The second kappa shape index (κ2) is 8.34. The van der Waals surface area contributed by atoms with Gasteiger partial charge < -0.3 is 0 Å². The Labute approximate surface area is 225 Å². The minimum Gasteiger partial charge on any atom is -0.272 e. The third-order valence-electron chi connectivity index (χ3n) is 7.24. The second-order valence-electron chi connectivity index (χ2n) is 9.33. The van der Waals surface area contributed by atoms with Gasteiger partial charge in [-0.05, 0) is 47.3 Å². The van der Waals surface area contributed by atoms with E-state index in [4.69, 9.17) is 4.84 Å². The van der Waals surface area contributed by atoms with Crippen molar-refractivity contribution in [2.45, 2.75) is 12.1 Å². The van der Waals surface area contributed by atoms with Gasteiger partial charge in [-0.25, -0.2) is 5.06 Å². The largest absolute Gasteiger partial charge is 0.281 e. The molecule has 9 heteroatoms. The predicted octanol–water partition coefficient (Wildman–Crippen LogP) is 4.66. The fraction of sp³-hybridized carbons (Fsp3) is 0.103. The minimum atomic E-state index is -1.21. The Morgan fingerprint density at radius 1 is 0.684 bits per heavy atom. The van der Waals surface area contributed by atoms with Gasteiger partial charge in [-0.3, -0.25) is 24.0 Å². The van der Waals surface area contributed by atoms with E-state index in [9.17, 15) is 19.2 Å². The molecule has 0 N–H and O–H groups in total. The van der Waals surface area contributed by atoms with Crippen molar-refractivity contribution < 1.29 is 24.0 Å². The zero-order chi connectivity index (χ0) is 26.1. The molecule has 0 unspecified atom stereocenters. The molecular formula is C29H18BrN3O5. The number of nitrogens with zero attached hydrogens (tertiary/aromatic N) is 3. The molecule has 0 aliphatic carbocycles. The van der Waals surface area contributed by atoms with Crippen molar-refractivity contribution in [3.05, 3.63) is 112 Å². The predicted molar refractivity (Wildman–Crippen MR) is 140 cm³/mol. The molecule has 3 atom stereocenters. The molecule has 3 aliphatic heterocycles. The van der Waals surface area contributed by atoms with Crippen LogP contribution in [0.25, 0.3) is 10.8 Å². The minimum absolute atomic E-state index is 0.255. The number of hydrogen-bond acceptors (Lipinski definition) is 6. The molecule has 4 aromatic carbocycles. The van der Waals surface area contributed by atoms with E-state index >= 15 is 0 Å². The second-order valence-corrected chi connectivity index (χ2v) is 10.2. The van der Waals surface area contributed by atoms with Crippen LogP contribution < -0.4 is 5.06 Å². The van der Waals surface area contributed by atoms with Gasteiger partial charge >= 0.3 is 0 Å². The average molecular weight is 568 g/mol. The summed E-state index contributed by atoms with van der Waals surface area (Å²) in [5, 5.41) is 4.17. The highest BCUT2D eigenvalue weighted by Gasteiger charge is 2.63. The summed E-state index contributed by atoms with van der Waals surface area (Å²) in [5.74, 6) is -3.85. The third-order valence-corrected chi connectivity index (χ3v) is 7.74.